The fourth-order valence-electron chi connectivity index (χ4n) is 2.78. The zero-order valence-electron chi connectivity index (χ0n) is 12.1. The number of nitrogens with zero attached hydrogens (tertiary/aromatic N) is 2. The second-order valence-electron chi connectivity index (χ2n) is 5.72. The van der Waals surface area contributed by atoms with Gasteiger partial charge in [-0.2, -0.15) is 0 Å². The van der Waals surface area contributed by atoms with Crippen LogP contribution in [0.5, 0.6) is 0 Å². The summed E-state index contributed by atoms with van der Waals surface area (Å²) in [6, 6.07) is 8.19. The molecule has 1 aliphatic rings. The molecule has 4 nitrogen and oxygen atoms in total. The molecule has 2 aromatic rings. The molecular formula is C16H21N3O. The summed E-state index contributed by atoms with van der Waals surface area (Å²) >= 11 is 0. The number of aromatic nitrogens is 1. The lowest BCUT2D eigenvalue weighted by molar-refractivity contribution is 0.0758. The maximum absolute atomic E-state index is 12.6. The lowest BCUT2D eigenvalue weighted by Crippen LogP contribution is -2.34. The molecule has 0 unspecified atom stereocenters. The van der Waals surface area contributed by atoms with Crippen LogP contribution in [-0.4, -0.2) is 53.9 Å². The van der Waals surface area contributed by atoms with Crippen LogP contribution in [0, 0.1) is 6.92 Å². The van der Waals surface area contributed by atoms with Gasteiger partial charge >= 0.3 is 0 Å². The molecule has 106 valence electrons. The summed E-state index contributed by atoms with van der Waals surface area (Å²) in [4.78, 5) is 20.1. The Morgan fingerprint density at radius 3 is 2.85 bits per heavy atom. The molecule has 0 aliphatic carbocycles. The van der Waals surface area contributed by atoms with E-state index in [0.717, 1.165) is 43.5 Å². The summed E-state index contributed by atoms with van der Waals surface area (Å²) in [5.41, 5.74) is 2.95. The number of rotatable bonds is 1. The van der Waals surface area contributed by atoms with Gasteiger partial charge in [0.1, 0.15) is 5.69 Å². The molecule has 0 saturated carbocycles. The molecular weight excluding hydrogens is 250 g/mol. The molecule has 4 heteroatoms. The van der Waals surface area contributed by atoms with Crippen LogP contribution >= 0.6 is 0 Å². The summed E-state index contributed by atoms with van der Waals surface area (Å²) < 4.78 is 0. The van der Waals surface area contributed by atoms with E-state index in [-0.39, 0.29) is 5.91 Å². The quantitative estimate of drug-likeness (QED) is 0.864. The van der Waals surface area contributed by atoms with Gasteiger partial charge in [-0.3, -0.25) is 4.79 Å². The maximum atomic E-state index is 12.6. The van der Waals surface area contributed by atoms with E-state index in [9.17, 15) is 4.79 Å². The second kappa shape index (κ2) is 5.29. The normalized spacial score (nSPS) is 17.4. The largest absolute Gasteiger partial charge is 0.351 e. The van der Waals surface area contributed by atoms with Crippen LogP contribution < -0.4 is 0 Å². The summed E-state index contributed by atoms with van der Waals surface area (Å²) in [6.45, 7) is 5.73. The molecule has 1 N–H and O–H groups in total. The predicted octanol–water partition coefficient (Wildman–Crippen LogP) is 2.25. The Hall–Kier alpha value is -1.81. The molecule has 1 aromatic heterocycles. The van der Waals surface area contributed by atoms with Crippen molar-refractivity contribution in [2.75, 3.05) is 33.2 Å². The van der Waals surface area contributed by atoms with E-state index in [1.54, 1.807) is 0 Å². The van der Waals surface area contributed by atoms with Gasteiger partial charge in [0.2, 0.25) is 0 Å². The fourth-order valence-corrected chi connectivity index (χ4v) is 2.78. The highest BCUT2D eigenvalue weighted by Gasteiger charge is 2.20. The van der Waals surface area contributed by atoms with Crippen molar-refractivity contribution in [3.05, 3.63) is 35.5 Å². The molecule has 3 rings (SSSR count). The Balaban J connectivity index is 1.84. The van der Waals surface area contributed by atoms with E-state index in [2.05, 4.69) is 42.1 Å². The number of hydrogen-bond donors (Lipinski definition) is 1. The van der Waals surface area contributed by atoms with Crippen LogP contribution in [0.4, 0.5) is 0 Å². The van der Waals surface area contributed by atoms with Crippen molar-refractivity contribution in [3.8, 4) is 0 Å². The molecule has 1 saturated heterocycles. The maximum Gasteiger partial charge on any atom is 0.270 e. The van der Waals surface area contributed by atoms with Crippen molar-refractivity contribution in [2.45, 2.75) is 13.3 Å². The summed E-state index contributed by atoms with van der Waals surface area (Å²) in [5, 5.41) is 1.10. The summed E-state index contributed by atoms with van der Waals surface area (Å²) in [5.74, 6) is 0.120. The minimum Gasteiger partial charge on any atom is -0.351 e. The van der Waals surface area contributed by atoms with Crippen LogP contribution in [0.15, 0.2) is 24.3 Å². The number of carbonyl (C=O) groups is 1. The minimum atomic E-state index is 0.120. The highest BCUT2D eigenvalue weighted by molar-refractivity contribution is 5.98. The van der Waals surface area contributed by atoms with Gasteiger partial charge in [-0.25, -0.2) is 0 Å². The molecule has 1 amide bonds. The number of H-pyrrole nitrogens is 1. The molecule has 2 heterocycles. The number of likely N-dealkylation sites (N-methyl/N-ethyl adjacent to an activating group) is 1. The molecule has 0 spiro atoms. The third-order valence-corrected chi connectivity index (χ3v) is 4.02. The molecule has 0 radical (unpaired) electrons. The highest BCUT2D eigenvalue weighted by atomic mass is 16.2. The SMILES string of the molecule is Cc1ccc2cc(C(=O)N3CCCN(C)CC3)[nH]c2c1. The van der Waals surface area contributed by atoms with Crippen molar-refractivity contribution in [1.29, 1.82) is 0 Å². The van der Waals surface area contributed by atoms with Gasteiger partial charge < -0.3 is 14.8 Å². The van der Waals surface area contributed by atoms with E-state index in [1.807, 2.05) is 11.0 Å². The van der Waals surface area contributed by atoms with Gasteiger partial charge in [-0.1, -0.05) is 12.1 Å². The van der Waals surface area contributed by atoms with Crippen LogP contribution in [-0.2, 0) is 0 Å². The van der Waals surface area contributed by atoms with Gasteiger partial charge in [0.05, 0.1) is 0 Å². The lowest BCUT2D eigenvalue weighted by Gasteiger charge is -2.19. The number of aromatic amines is 1. The Morgan fingerprint density at radius 2 is 2.00 bits per heavy atom. The minimum absolute atomic E-state index is 0.120. The molecule has 1 aliphatic heterocycles. The standard InChI is InChI=1S/C16H21N3O/c1-12-4-5-13-11-15(17-14(13)10-12)16(20)19-7-3-6-18(2)8-9-19/h4-5,10-11,17H,3,6-9H2,1-2H3. The lowest BCUT2D eigenvalue weighted by atomic mass is 10.2. The number of aryl methyl sites for hydroxylation is 1. The molecule has 20 heavy (non-hydrogen) atoms. The van der Waals surface area contributed by atoms with Crippen LogP contribution in [0.2, 0.25) is 0 Å². The first-order valence-electron chi connectivity index (χ1n) is 7.21. The van der Waals surface area contributed by atoms with E-state index in [4.69, 9.17) is 0 Å². The predicted molar refractivity (Wildman–Crippen MR) is 81.1 cm³/mol. The van der Waals surface area contributed by atoms with Gasteiger partial charge in [0.15, 0.2) is 0 Å². The number of nitrogens with one attached hydrogen (secondary N) is 1. The number of fused-ring (bicyclic) bond motifs is 1. The van der Waals surface area contributed by atoms with Gasteiger partial charge in [0.25, 0.3) is 5.91 Å². The first kappa shape index (κ1) is 13.2. The molecule has 0 atom stereocenters. The van der Waals surface area contributed by atoms with E-state index < -0.39 is 0 Å². The van der Waals surface area contributed by atoms with Crippen LogP contribution in [0.3, 0.4) is 0 Å². The van der Waals surface area contributed by atoms with Crippen molar-refractivity contribution >= 4 is 16.8 Å². The van der Waals surface area contributed by atoms with Gasteiger partial charge in [-0.15, -0.1) is 0 Å². The van der Waals surface area contributed by atoms with Crippen molar-refractivity contribution < 1.29 is 4.79 Å². The second-order valence-corrected chi connectivity index (χ2v) is 5.72. The Bertz CT molecular complexity index is 632. The molecule has 0 bridgehead atoms. The molecule has 1 aromatic carbocycles. The number of hydrogen-bond acceptors (Lipinski definition) is 2. The Morgan fingerprint density at radius 1 is 1.15 bits per heavy atom. The smallest absolute Gasteiger partial charge is 0.270 e. The van der Waals surface area contributed by atoms with Crippen LogP contribution in [0.1, 0.15) is 22.5 Å². The monoisotopic (exact) mass is 271 g/mol. The van der Waals surface area contributed by atoms with E-state index in [0.29, 0.717) is 5.69 Å². The average Bonchev–Trinajstić information content (AvgIpc) is 2.72. The summed E-state index contributed by atoms with van der Waals surface area (Å²) in [7, 11) is 2.11. The van der Waals surface area contributed by atoms with Gasteiger partial charge in [-0.05, 0) is 44.6 Å². The first-order valence-corrected chi connectivity index (χ1v) is 7.21. The van der Waals surface area contributed by atoms with E-state index >= 15 is 0 Å². The number of carbonyl (C=O) groups excluding carboxylic acids is 1. The van der Waals surface area contributed by atoms with Crippen molar-refractivity contribution in [1.82, 2.24) is 14.8 Å². The number of amides is 1. The third-order valence-electron chi connectivity index (χ3n) is 4.02. The zero-order valence-corrected chi connectivity index (χ0v) is 12.1. The highest BCUT2D eigenvalue weighted by Crippen LogP contribution is 2.18. The topological polar surface area (TPSA) is 39.3 Å². The number of benzene rings is 1. The van der Waals surface area contributed by atoms with Crippen LogP contribution in [0.25, 0.3) is 10.9 Å². The fraction of sp³-hybridized carbons (Fsp3) is 0.438. The average molecular weight is 271 g/mol. The van der Waals surface area contributed by atoms with Crippen molar-refractivity contribution in [3.63, 3.8) is 0 Å². The molecule has 1 fully saturated rings. The van der Waals surface area contributed by atoms with E-state index in [1.165, 1.54) is 5.56 Å². The summed E-state index contributed by atoms with van der Waals surface area (Å²) in [6.07, 6.45) is 1.04. The zero-order chi connectivity index (χ0) is 14.1. The Labute approximate surface area is 119 Å². The first-order chi connectivity index (χ1) is 9.63. The van der Waals surface area contributed by atoms with Crippen molar-refractivity contribution in [2.24, 2.45) is 0 Å². The van der Waals surface area contributed by atoms with Gasteiger partial charge in [0, 0.05) is 30.5 Å². The third kappa shape index (κ3) is 2.56. The Kier molecular flexibility index (Phi) is 3.49.